The van der Waals surface area contributed by atoms with Gasteiger partial charge in [0.25, 0.3) is 5.78 Å². The number of benzene rings is 2. The maximum atomic E-state index is 13.5. The highest BCUT2D eigenvalue weighted by atomic mass is 19.1. The fourth-order valence-electron chi connectivity index (χ4n) is 2.17. The summed E-state index contributed by atoms with van der Waals surface area (Å²) in [4.78, 5) is 36.4. The minimum absolute atomic E-state index is 0.0663. The summed E-state index contributed by atoms with van der Waals surface area (Å²) in [6.45, 7) is 0. The third kappa shape index (κ3) is 2.03. The first-order valence-electron chi connectivity index (χ1n) is 6.23. The first kappa shape index (κ1) is 13.9. The number of hydrogen-bond acceptors (Lipinski definition) is 3. The summed E-state index contributed by atoms with van der Waals surface area (Å²) in [5.74, 6) is -3.89. The van der Waals surface area contributed by atoms with Gasteiger partial charge in [-0.25, -0.2) is 18.5 Å². The van der Waals surface area contributed by atoms with Crippen molar-refractivity contribution in [2.24, 2.45) is 0 Å². The van der Waals surface area contributed by atoms with Crippen molar-refractivity contribution in [1.29, 1.82) is 0 Å². The summed E-state index contributed by atoms with van der Waals surface area (Å²) in [5.41, 5.74) is -0.541. The molecule has 3 rings (SSSR count). The fourth-order valence-corrected chi connectivity index (χ4v) is 2.17. The molecule has 22 heavy (non-hydrogen) atoms. The molecule has 0 atom stereocenters. The van der Waals surface area contributed by atoms with Gasteiger partial charge in [-0.05, 0) is 24.3 Å². The third-order valence-corrected chi connectivity index (χ3v) is 3.18. The Balaban J connectivity index is 1.97. The average Bonchev–Trinajstić information content (AvgIpc) is 2.75. The van der Waals surface area contributed by atoms with E-state index in [1.165, 1.54) is 18.2 Å². The molecule has 2 aromatic rings. The van der Waals surface area contributed by atoms with Crippen molar-refractivity contribution in [1.82, 2.24) is 0 Å². The van der Waals surface area contributed by atoms with E-state index in [9.17, 15) is 23.2 Å². The summed E-state index contributed by atoms with van der Waals surface area (Å²) in [6, 6.07) is 7.83. The average molecular weight is 302 g/mol. The van der Waals surface area contributed by atoms with Gasteiger partial charge in [0.05, 0.1) is 11.3 Å². The summed E-state index contributed by atoms with van der Waals surface area (Å²) >= 11 is 0. The van der Waals surface area contributed by atoms with Gasteiger partial charge in [0.2, 0.25) is 0 Å². The largest absolute Gasteiger partial charge is 0.333 e. The number of fused-ring (bicyclic) bond motifs is 1. The molecule has 1 N–H and O–H groups in total. The molecule has 0 radical (unpaired) electrons. The molecule has 0 bridgehead atoms. The van der Waals surface area contributed by atoms with E-state index < -0.39 is 35.0 Å². The number of amides is 3. The molecule has 0 saturated heterocycles. The molecule has 0 unspecified atom stereocenters. The molecule has 1 aliphatic heterocycles. The second kappa shape index (κ2) is 5.03. The second-order valence-electron chi connectivity index (χ2n) is 4.51. The van der Waals surface area contributed by atoms with Crippen LogP contribution in [0, 0.1) is 11.6 Å². The van der Waals surface area contributed by atoms with Gasteiger partial charge in [0.15, 0.2) is 0 Å². The molecule has 7 heteroatoms. The van der Waals surface area contributed by atoms with Gasteiger partial charge in [-0.3, -0.25) is 9.59 Å². The lowest BCUT2D eigenvalue weighted by molar-refractivity contribution is -0.113. The lowest BCUT2D eigenvalue weighted by atomic mass is 10.1. The van der Waals surface area contributed by atoms with E-state index in [0.717, 1.165) is 18.2 Å². The summed E-state index contributed by atoms with van der Waals surface area (Å²) in [5, 5.41) is 1.98. The predicted molar refractivity (Wildman–Crippen MR) is 73.6 cm³/mol. The van der Waals surface area contributed by atoms with E-state index in [1.807, 2.05) is 5.32 Å². The molecule has 1 heterocycles. The van der Waals surface area contributed by atoms with E-state index in [0.29, 0.717) is 4.90 Å². The standard InChI is InChI=1S/C15H8F2N2O3/c16-9-5-3-6-10(17)12(9)18-15(22)19-11-7-2-1-4-8(11)13(20)14(19)21/h1-7H,(H,18,22). The maximum Gasteiger partial charge on any atom is 0.333 e. The maximum absolute atomic E-state index is 13.5. The molecule has 0 aliphatic carbocycles. The molecule has 110 valence electrons. The molecular weight excluding hydrogens is 294 g/mol. The number of carbonyl (C=O) groups excluding carboxylic acids is 3. The van der Waals surface area contributed by atoms with Crippen LogP contribution in [0.4, 0.5) is 25.0 Å². The highest BCUT2D eigenvalue weighted by Gasteiger charge is 2.39. The SMILES string of the molecule is O=C1C(=O)N(C(=O)Nc2c(F)cccc2F)c2ccccc21. The molecule has 0 aromatic heterocycles. The van der Waals surface area contributed by atoms with E-state index in [4.69, 9.17) is 0 Å². The molecule has 5 nitrogen and oxygen atoms in total. The van der Waals surface area contributed by atoms with Gasteiger partial charge in [-0.2, -0.15) is 0 Å². The third-order valence-electron chi connectivity index (χ3n) is 3.18. The lowest BCUT2D eigenvalue weighted by Crippen LogP contribution is -2.39. The van der Waals surface area contributed by atoms with Crippen LogP contribution in [0.1, 0.15) is 10.4 Å². The molecular formula is C15H8F2N2O3. The number of anilines is 2. The van der Waals surface area contributed by atoms with E-state index in [1.54, 1.807) is 6.07 Å². The number of urea groups is 1. The highest BCUT2D eigenvalue weighted by molar-refractivity contribution is 6.56. The smallest absolute Gasteiger partial charge is 0.302 e. The minimum Gasteiger partial charge on any atom is -0.302 e. The van der Waals surface area contributed by atoms with Gasteiger partial charge < -0.3 is 5.32 Å². The first-order chi connectivity index (χ1) is 10.5. The van der Waals surface area contributed by atoms with Gasteiger partial charge in [0.1, 0.15) is 17.3 Å². The predicted octanol–water partition coefficient (Wildman–Crippen LogP) is 2.73. The van der Waals surface area contributed by atoms with Crippen LogP contribution < -0.4 is 10.2 Å². The van der Waals surface area contributed by atoms with Crippen LogP contribution in [0.2, 0.25) is 0 Å². The fraction of sp³-hybridized carbons (Fsp3) is 0. The van der Waals surface area contributed by atoms with E-state index >= 15 is 0 Å². The highest BCUT2D eigenvalue weighted by Crippen LogP contribution is 2.29. The number of para-hydroxylation sites is 2. The number of halogens is 2. The number of carbonyl (C=O) groups is 3. The second-order valence-corrected chi connectivity index (χ2v) is 4.51. The quantitative estimate of drug-likeness (QED) is 0.824. The number of hydrogen-bond donors (Lipinski definition) is 1. The van der Waals surface area contributed by atoms with Crippen molar-refractivity contribution < 1.29 is 23.2 Å². The first-order valence-corrected chi connectivity index (χ1v) is 6.23. The van der Waals surface area contributed by atoms with Gasteiger partial charge in [-0.1, -0.05) is 18.2 Å². The van der Waals surface area contributed by atoms with Gasteiger partial charge in [0, 0.05) is 0 Å². The van der Waals surface area contributed by atoms with Crippen molar-refractivity contribution >= 4 is 29.1 Å². The molecule has 0 fully saturated rings. The number of nitrogens with zero attached hydrogens (tertiary/aromatic N) is 1. The zero-order valence-corrected chi connectivity index (χ0v) is 11.0. The van der Waals surface area contributed by atoms with Gasteiger partial charge in [-0.15, -0.1) is 0 Å². The van der Waals surface area contributed by atoms with Crippen molar-refractivity contribution in [3.05, 3.63) is 59.7 Å². The zero-order valence-electron chi connectivity index (χ0n) is 11.0. The van der Waals surface area contributed by atoms with Crippen LogP contribution in [0.15, 0.2) is 42.5 Å². The summed E-state index contributed by atoms with van der Waals surface area (Å²) in [7, 11) is 0. The Morgan fingerprint density at radius 1 is 0.955 bits per heavy atom. The Morgan fingerprint density at radius 3 is 2.27 bits per heavy atom. The molecule has 2 aromatic carbocycles. The van der Waals surface area contributed by atoms with E-state index in [-0.39, 0.29) is 11.3 Å². The molecule has 1 aliphatic rings. The monoisotopic (exact) mass is 302 g/mol. The Hall–Kier alpha value is -3.09. The summed E-state index contributed by atoms with van der Waals surface area (Å²) in [6.07, 6.45) is 0. The van der Waals surface area contributed by atoms with Crippen LogP contribution in [0.3, 0.4) is 0 Å². The molecule has 0 saturated carbocycles. The number of nitrogens with one attached hydrogen (secondary N) is 1. The van der Waals surface area contributed by atoms with Crippen LogP contribution in [0.25, 0.3) is 0 Å². The van der Waals surface area contributed by atoms with Crippen molar-refractivity contribution in [2.45, 2.75) is 0 Å². The number of imide groups is 1. The van der Waals surface area contributed by atoms with E-state index in [2.05, 4.69) is 0 Å². The van der Waals surface area contributed by atoms with Crippen LogP contribution in [0.5, 0.6) is 0 Å². The Kier molecular flexibility index (Phi) is 3.17. The number of rotatable bonds is 1. The molecule has 3 amide bonds. The minimum atomic E-state index is -1.10. The number of Topliss-reactive ketones (excluding diaryl/α,β-unsaturated/α-hetero) is 1. The topological polar surface area (TPSA) is 66.5 Å². The number of ketones is 1. The Labute approximate surface area is 123 Å². The van der Waals surface area contributed by atoms with Crippen molar-refractivity contribution in [2.75, 3.05) is 10.2 Å². The summed E-state index contributed by atoms with van der Waals surface area (Å²) < 4.78 is 27.1. The lowest BCUT2D eigenvalue weighted by Gasteiger charge is -2.16. The zero-order chi connectivity index (χ0) is 15.9. The van der Waals surface area contributed by atoms with Crippen molar-refractivity contribution in [3.8, 4) is 0 Å². The Bertz CT molecular complexity index is 800. The van der Waals surface area contributed by atoms with Crippen LogP contribution >= 0.6 is 0 Å². The normalized spacial score (nSPS) is 13.3. The van der Waals surface area contributed by atoms with Crippen LogP contribution in [-0.2, 0) is 4.79 Å². The molecule has 0 spiro atoms. The van der Waals surface area contributed by atoms with Crippen LogP contribution in [-0.4, -0.2) is 17.7 Å². The van der Waals surface area contributed by atoms with Crippen molar-refractivity contribution in [3.63, 3.8) is 0 Å². The van der Waals surface area contributed by atoms with Gasteiger partial charge >= 0.3 is 11.9 Å². The Morgan fingerprint density at radius 2 is 1.59 bits per heavy atom.